The van der Waals surface area contributed by atoms with Gasteiger partial charge in [0.25, 0.3) is 11.5 Å². The molecule has 7 heteroatoms. The molecule has 6 rings (SSSR count). The van der Waals surface area contributed by atoms with E-state index in [-0.39, 0.29) is 11.5 Å². The highest BCUT2D eigenvalue weighted by Crippen LogP contribution is 2.36. The molecule has 0 radical (unpaired) electrons. The number of aromatic nitrogens is 3. The third kappa shape index (κ3) is 3.24. The maximum absolute atomic E-state index is 13.6. The summed E-state index contributed by atoms with van der Waals surface area (Å²) in [5, 5.41) is 4.46. The first-order chi connectivity index (χ1) is 16.5. The van der Waals surface area contributed by atoms with Crippen LogP contribution in [0.5, 0.6) is 0 Å². The topological polar surface area (TPSA) is 67.6 Å². The molecule has 0 saturated heterocycles. The summed E-state index contributed by atoms with van der Waals surface area (Å²) in [6, 6.07) is 23.6. The number of aryl methyl sites for hydroxylation is 2. The fourth-order valence-electron chi connectivity index (χ4n) is 4.32. The highest BCUT2D eigenvalue weighted by molar-refractivity contribution is 7.15. The minimum atomic E-state index is -0.318. The van der Waals surface area contributed by atoms with Crippen LogP contribution in [0.25, 0.3) is 21.9 Å². The van der Waals surface area contributed by atoms with Gasteiger partial charge < -0.3 is 4.90 Å². The number of carbonyl (C=O) groups is 1. The standard InChI is InChI=1S/C27H20N4O2S/c1-16-10-12-18(13-11-16)15-30-21-9-4-3-8-20(21)22(25(30)32)23-26(33)31-27(34-23)28-24(29-31)19-7-5-6-17(2)14-19/h3-14H,15H2,1-2H3. The normalized spacial score (nSPS) is 14.8. The summed E-state index contributed by atoms with van der Waals surface area (Å²) in [7, 11) is 0. The molecule has 1 amide bonds. The Bertz CT molecular complexity index is 1700. The SMILES string of the molecule is Cc1ccc(CN2C(=O)C(=c3sc4nc(-c5cccc(C)c5)nn4c3=O)c3ccccc32)cc1. The Labute approximate surface area is 199 Å². The molecular weight excluding hydrogens is 444 g/mol. The highest BCUT2D eigenvalue weighted by Gasteiger charge is 2.34. The summed E-state index contributed by atoms with van der Waals surface area (Å²) in [5.74, 6) is 0.324. The van der Waals surface area contributed by atoms with Gasteiger partial charge in [-0.1, -0.05) is 83.1 Å². The number of anilines is 1. The molecule has 2 aromatic heterocycles. The van der Waals surface area contributed by atoms with E-state index in [0.29, 0.717) is 27.4 Å². The second-order valence-electron chi connectivity index (χ2n) is 8.50. The quantitative estimate of drug-likeness (QED) is 0.406. The molecule has 0 aliphatic carbocycles. The van der Waals surface area contributed by atoms with E-state index in [4.69, 9.17) is 0 Å². The first-order valence-corrected chi connectivity index (χ1v) is 11.8. The van der Waals surface area contributed by atoms with Crippen molar-refractivity contribution in [1.29, 1.82) is 0 Å². The minimum Gasteiger partial charge on any atom is -0.303 e. The lowest BCUT2D eigenvalue weighted by molar-refractivity contribution is -0.113. The van der Waals surface area contributed by atoms with Crippen molar-refractivity contribution < 1.29 is 4.79 Å². The van der Waals surface area contributed by atoms with Crippen LogP contribution in [-0.2, 0) is 11.3 Å². The van der Waals surface area contributed by atoms with E-state index in [2.05, 4.69) is 10.1 Å². The van der Waals surface area contributed by atoms with E-state index in [1.807, 2.05) is 86.6 Å². The smallest absolute Gasteiger partial charge is 0.291 e. The van der Waals surface area contributed by atoms with Crippen LogP contribution in [0.4, 0.5) is 5.69 Å². The zero-order valence-electron chi connectivity index (χ0n) is 18.6. The maximum atomic E-state index is 13.6. The Kier molecular flexibility index (Phi) is 4.67. The molecule has 166 valence electrons. The third-order valence-corrected chi connectivity index (χ3v) is 7.07. The van der Waals surface area contributed by atoms with E-state index in [1.165, 1.54) is 21.4 Å². The number of para-hydroxylation sites is 1. The van der Waals surface area contributed by atoms with E-state index < -0.39 is 0 Å². The Hall–Kier alpha value is -4.10. The van der Waals surface area contributed by atoms with Gasteiger partial charge >= 0.3 is 0 Å². The van der Waals surface area contributed by atoms with Crippen molar-refractivity contribution in [3.8, 4) is 11.4 Å². The fourth-order valence-corrected chi connectivity index (χ4v) is 5.32. The lowest BCUT2D eigenvalue weighted by Crippen LogP contribution is -2.32. The van der Waals surface area contributed by atoms with Crippen LogP contribution < -0.4 is 15.0 Å². The van der Waals surface area contributed by atoms with Crippen molar-refractivity contribution in [3.05, 3.63) is 110 Å². The Morgan fingerprint density at radius 1 is 0.882 bits per heavy atom. The Morgan fingerprint density at radius 3 is 2.44 bits per heavy atom. The van der Waals surface area contributed by atoms with Crippen molar-refractivity contribution >= 4 is 33.5 Å². The molecule has 0 atom stereocenters. The molecule has 0 N–H and O–H groups in total. The molecule has 0 bridgehead atoms. The first kappa shape index (κ1) is 20.5. The summed E-state index contributed by atoms with van der Waals surface area (Å²) in [6.07, 6.45) is 0. The number of benzene rings is 3. The summed E-state index contributed by atoms with van der Waals surface area (Å²) in [6.45, 7) is 4.47. The summed E-state index contributed by atoms with van der Waals surface area (Å²) in [5.41, 5.74) is 5.82. The fraction of sp³-hybridized carbons (Fsp3) is 0.111. The zero-order chi connectivity index (χ0) is 23.4. The number of rotatable bonds is 3. The maximum Gasteiger partial charge on any atom is 0.291 e. The van der Waals surface area contributed by atoms with Gasteiger partial charge in [0, 0.05) is 11.1 Å². The number of amides is 1. The summed E-state index contributed by atoms with van der Waals surface area (Å²) < 4.78 is 1.68. The van der Waals surface area contributed by atoms with Gasteiger partial charge in [-0.05, 0) is 31.5 Å². The second kappa shape index (κ2) is 7.74. The molecule has 1 aliphatic heterocycles. The molecular formula is C27H20N4O2S. The van der Waals surface area contributed by atoms with Crippen molar-refractivity contribution in [2.24, 2.45) is 0 Å². The van der Waals surface area contributed by atoms with Gasteiger partial charge in [0.2, 0.25) is 4.96 Å². The zero-order valence-corrected chi connectivity index (χ0v) is 19.5. The average Bonchev–Trinajstić information content (AvgIpc) is 3.47. The van der Waals surface area contributed by atoms with Crippen LogP contribution in [-0.4, -0.2) is 20.5 Å². The summed E-state index contributed by atoms with van der Waals surface area (Å²) in [4.78, 5) is 33.8. The van der Waals surface area contributed by atoms with Gasteiger partial charge in [-0.15, -0.1) is 5.10 Å². The average molecular weight is 465 g/mol. The highest BCUT2D eigenvalue weighted by atomic mass is 32.1. The van der Waals surface area contributed by atoms with Gasteiger partial charge in [-0.3, -0.25) is 9.59 Å². The predicted octanol–water partition coefficient (Wildman–Crippen LogP) is 3.90. The molecule has 0 fully saturated rings. The molecule has 0 unspecified atom stereocenters. The van der Waals surface area contributed by atoms with Crippen molar-refractivity contribution in [3.63, 3.8) is 0 Å². The van der Waals surface area contributed by atoms with Crippen LogP contribution in [0.2, 0.25) is 0 Å². The van der Waals surface area contributed by atoms with E-state index in [1.54, 1.807) is 4.90 Å². The molecule has 3 heterocycles. The Balaban J connectivity index is 1.49. The van der Waals surface area contributed by atoms with E-state index in [9.17, 15) is 9.59 Å². The van der Waals surface area contributed by atoms with Crippen LogP contribution in [0.3, 0.4) is 0 Å². The predicted molar refractivity (Wildman–Crippen MR) is 134 cm³/mol. The molecule has 6 nitrogen and oxygen atoms in total. The number of nitrogens with zero attached hydrogens (tertiary/aromatic N) is 4. The first-order valence-electron chi connectivity index (χ1n) is 11.0. The largest absolute Gasteiger partial charge is 0.303 e. The van der Waals surface area contributed by atoms with E-state index in [0.717, 1.165) is 27.9 Å². The van der Waals surface area contributed by atoms with Crippen LogP contribution in [0.1, 0.15) is 22.3 Å². The monoisotopic (exact) mass is 464 g/mol. The molecule has 34 heavy (non-hydrogen) atoms. The number of fused-ring (bicyclic) bond motifs is 2. The number of hydrogen-bond donors (Lipinski definition) is 0. The van der Waals surface area contributed by atoms with Crippen molar-refractivity contribution in [2.75, 3.05) is 4.90 Å². The van der Waals surface area contributed by atoms with Gasteiger partial charge in [-0.25, -0.2) is 0 Å². The second-order valence-corrected chi connectivity index (χ2v) is 9.48. The van der Waals surface area contributed by atoms with Gasteiger partial charge in [0.1, 0.15) is 4.53 Å². The van der Waals surface area contributed by atoms with Crippen LogP contribution in [0, 0.1) is 13.8 Å². The van der Waals surface area contributed by atoms with Gasteiger partial charge in [0.15, 0.2) is 5.82 Å². The number of thiazole rings is 1. The lowest BCUT2D eigenvalue weighted by atomic mass is 10.1. The van der Waals surface area contributed by atoms with Crippen LogP contribution >= 0.6 is 11.3 Å². The lowest BCUT2D eigenvalue weighted by Gasteiger charge is -2.17. The molecule has 1 aliphatic rings. The van der Waals surface area contributed by atoms with Gasteiger partial charge in [0.05, 0.1) is 17.8 Å². The van der Waals surface area contributed by atoms with Crippen molar-refractivity contribution in [1.82, 2.24) is 14.6 Å². The molecule has 0 spiro atoms. The van der Waals surface area contributed by atoms with Crippen LogP contribution in [0.15, 0.2) is 77.6 Å². The molecule has 0 saturated carbocycles. The minimum absolute atomic E-state index is 0.178. The molecule has 3 aromatic carbocycles. The summed E-state index contributed by atoms with van der Waals surface area (Å²) >= 11 is 1.21. The Morgan fingerprint density at radius 2 is 1.68 bits per heavy atom. The number of carbonyl (C=O) groups excluding carboxylic acids is 1. The van der Waals surface area contributed by atoms with E-state index >= 15 is 0 Å². The van der Waals surface area contributed by atoms with Crippen molar-refractivity contribution in [2.45, 2.75) is 20.4 Å². The molecule has 5 aromatic rings. The third-order valence-electron chi connectivity index (χ3n) is 6.05. The number of hydrogen-bond acceptors (Lipinski definition) is 5. The van der Waals surface area contributed by atoms with Gasteiger partial charge in [-0.2, -0.15) is 9.50 Å².